The molecule has 1 aliphatic rings. The molecular weight excluding hydrogens is 430 g/mol. The molecule has 5 nitrogen and oxygen atoms in total. The molecule has 6 rings (SSSR count). The Morgan fingerprint density at radius 3 is 2.14 bits per heavy atom. The third kappa shape index (κ3) is 2.91. The van der Waals surface area contributed by atoms with Crippen molar-refractivity contribution in [3.63, 3.8) is 0 Å². The lowest BCUT2D eigenvalue weighted by Crippen LogP contribution is -2.29. The summed E-state index contributed by atoms with van der Waals surface area (Å²) in [5, 5.41) is 21.5. The number of benzene rings is 4. The van der Waals surface area contributed by atoms with Gasteiger partial charge < -0.3 is 9.47 Å². The monoisotopic (exact) mass is 449 g/mol. The Labute approximate surface area is 203 Å². The van der Waals surface area contributed by atoms with Gasteiger partial charge in [0.05, 0.1) is 57.9 Å². The van der Waals surface area contributed by atoms with Crippen LogP contribution in [0, 0.1) is 29.2 Å². The van der Waals surface area contributed by atoms with Crippen molar-refractivity contribution in [3.8, 4) is 29.0 Å². The fraction of sp³-hybridized carbons (Fsp3) is 0.100. The van der Waals surface area contributed by atoms with Crippen LogP contribution in [-0.4, -0.2) is 10.6 Å². The summed E-state index contributed by atoms with van der Waals surface area (Å²) in [7, 11) is 0. The van der Waals surface area contributed by atoms with E-state index in [-0.39, 0.29) is 6.04 Å². The molecule has 0 atom stereocenters. The third-order valence-electron chi connectivity index (χ3n) is 6.68. The highest BCUT2D eigenvalue weighted by Crippen LogP contribution is 2.48. The maximum Gasteiger partial charge on any atom is 0.187 e. The molecule has 0 aliphatic carbocycles. The molecule has 1 aromatic heterocycles. The quantitative estimate of drug-likeness (QED) is 0.261. The van der Waals surface area contributed by atoms with Crippen molar-refractivity contribution < 1.29 is 0 Å². The molecule has 0 unspecified atom stereocenters. The van der Waals surface area contributed by atoms with Gasteiger partial charge in [-0.1, -0.05) is 30.3 Å². The zero-order valence-corrected chi connectivity index (χ0v) is 19.2. The number of nitriles is 2. The van der Waals surface area contributed by atoms with E-state index in [1.54, 1.807) is 0 Å². The first-order chi connectivity index (χ1) is 17.0. The minimum atomic E-state index is 0.128. The van der Waals surface area contributed by atoms with E-state index in [2.05, 4.69) is 58.5 Å². The highest BCUT2D eigenvalue weighted by Gasteiger charge is 2.30. The van der Waals surface area contributed by atoms with Gasteiger partial charge in [-0.05, 0) is 67.4 Å². The van der Waals surface area contributed by atoms with Gasteiger partial charge in [-0.15, -0.1) is 0 Å². The van der Waals surface area contributed by atoms with Crippen LogP contribution in [0.15, 0.2) is 72.8 Å². The summed E-state index contributed by atoms with van der Waals surface area (Å²) in [5.41, 5.74) is 8.96. The van der Waals surface area contributed by atoms with Crippen molar-refractivity contribution in [2.24, 2.45) is 0 Å². The van der Waals surface area contributed by atoms with E-state index in [0.29, 0.717) is 16.8 Å². The second-order valence-electron chi connectivity index (χ2n) is 9.01. The Bertz CT molecular complexity index is 1800. The first-order valence-corrected chi connectivity index (χ1v) is 11.4. The van der Waals surface area contributed by atoms with Crippen molar-refractivity contribution in [1.29, 1.82) is 10.5 Å². The van der Waals surface area contributed by atoms with Gasteiger partial charge in [-0.3, -0.25) is 0 Å². The van der Waals surface area contributed by atoms with Gasteiger partial charge in [0.2, 0.25) is 0 Å². The maximum absolute atomic E-state index is 9.86. The normalized spacial score (nSPS) is 11.8. The van der Waals surface area contributed by atoms with Crippen LogP contribution in [-0.2, 0) is 0 Å². The molecule has 0 saturated carbocycles. The topological polar surface area (TPSA) is 60.1 Å². The average molecular weight is 450 g/mol. The molecule has 4 aromatic carbocycles. The first kappa shape index (κ1) is 20.5. The number of hydrogen-bond acceptors (Lipinski definition) is 3. The predicted octanol–water partition coefficient (Wildman–Crippen LogP) is 7.60. The minimum Gasteiger partial charge on any atom is -0.335 e. The Balaban J connectivity index is 1.73. The number of anilines is 2. The summed E-state index contributed by atoms with van der Waals surface area (Å²) in [6, 6.07) is 28.4. The molecule has 35 heavy (non-hydrogen) atoms. The SMILES string of the molecule is [C-]#[N+]c1ccc(-c2ccc3c(c2)c2cc(C#N)cc4c2n3-c2ccc(C#N)cc2N4C(C)C)cc1. The van der Waals surface area contributed by atoms with Crippen molar-refractivity contribution in [2.45, 2.75) is 19.9 Å². The third-order valence-corrected chi connectivity index (χ3v) is 6.68. The number of rotatable bonds is 2. The van der Waals surface area contributed by atoms with E-state index in [9.17, 15) is 10.5 Å². The van der Waals surface area contributed by atoms with Crippen molar-refractivity contribution in [2.75, 3.05) is 4.90 Å². The Hall–Kier alpha value is -5.05. The van der Waals surface area contributed by atoms with E-state index < -0.39 is 0 Å². The van der Waals surface area contributed by atoms with Crippen LogP contribution in [0.5, 0.6) is 0 Å². The zero-order chi connectivity index (χ0) is 24.3. The van der Waals surface area contributed by atoms with Crippen LogP contribution in [0.1, 0.15) is 25.0 Å². The summed E-state index contributed by atoms with van der Waals surface area (Å²) in [6.07, 6.45) is 0. The maximum atomic E-state index is 9.86. The molecular formula is C30H19N5. The lowest BCUT2D eigenvalue weighted by Gasteiger charge is -2.36. The number of aromatic nitrogens is 1. The van der Waals surface area contributed by atoms with E-state index in [1.807, 2.05) is 54.6 Å². The number of hydrogen-bond donors (Lipinski definition) is 0. The summed E-state index contributed by atoms with van der Waals surface area (Å²) < 4.78 is 2.25. The van der Waals surface area contributed by atoms with Crippen LogP contribution in [0.2, 0.25) is 0 Å². The lowest BCUT2D eigenvalue weighted by molar-refractivity contribution is 0.781. The van der Waals surface area contributed by atoms with Crippen molar-refractivity contribution >= 4 is 38.9 Å². The fourth-order valence-corrected chi connectivity index (χ4v) is 5.19. The molecule has 0 amide bonds. The van der Waals surface area contributed by atoms with Crippen LogP contribution < -0.4 is 4.90 Å². The summed E-state index contributed by atoms with van der Waals surface area (Å²) in [4.78, 5) is 5.72. The molecule has 0 radical (unpaired) electrons. The molecule has 2 heterocycles. The molecule has 1 aliphatic heterocycles. The van der Waals surface area contributed by atoms with Gasteiger partial charge in [0.1, 0.15) is 0 Å². The molecule has 0 spiro atoms. The van der Waals surface area contributed by atoms with E-state index in [1.165, 1.54) is 0 Å². The molecule has 5 aromatic rings. The molecule has 0 saturated heterocycles. The van der Waals surface area contributed by atoms with E-state index >= 15 is 0 Å². The molecule has 0 N–H and O–H groups in total. The Kier molecular flexibility index (Phi) is 4.40. The smallest absolute Gasteiger partial charge is 0.187 e. The second-order valence-corrected chi connectivity index (χ2v) is 9.01. The second kappa shape index (κ2) is 7.49. The molecule has 5 heteroatoms. The Morgan fingerprint density at radius 2 is 1.46 bits per heavy atom. The first-order valence-electron chi connectivity index (χ1n) is 11.4. The summed E-state index contributed by atoms with van der Waals surface area (Å²) in [5.74, 6) is 0. The summed E-state index contributed by atoms with van der Waals surface area (Å²) in [6.45, 7) is 11.5. The molecule has 0 fully saturated rings. The van der Waals surface area contributed by atoms with E-state index in [4.69, 9.17) is 6.57 Å². The predicted molar refractivity (Wildman–Crippen MR) is 139 cm³/mol. The van der Waals surface area contributed by atoms with Gasteiger partial charge in [-0.2, -0.15) is 10.5 Å². The zero-order valence-electron chi connectivity index (χ0n) is 19.2. The van der Waals surface area contributed by atoms with Crippen LogP contribution in [0.4, 0.5) is 17.1 Å². The van der Waals surface area contributed by atoms with Crippen molar-refractivity contribution in [3.05, 3.63) is 95.3 Å². The minimum absolute atomic E-state index is 0.128. The largest absolute Gasteiger partial charge is 0.335 e. The standard InChI is InChI=1S/C30H19N5/c1-18(2)34-28-13-19(16-31)4-10-27(28)35-26-11-7-22(21-5-8-23(33-3)9-6-21)15-24(26)25-12-20(17-32)14-29(34)30(25)35/h4-15,18H,1-2H3. The van der Waals surface area contributed by atoms with Gasteiger partial charge in [0.15, 0.2) is 5.69 Å². The van der Waals surface area contributed by atoms with Crippen LogP contribution >= 0.6 is 0 Å². The highest BCUT2D eigenvalue weighted by molar-refractivity contribution is 6.17. The lowest BCUT2D eigenvalue weighted by atomic mass is 10.0. The van der Waals surface area contributed by atoms with Crippen LogP contribution in [0.3, 0.4) is 0 Å². The van der Waals surface area contributed by atoms with Gasteiger partial charge in [0, 0.05) is 16.8 Å². The van der Waals surface area contributed by atoms with Crippen LogP contribution in [0.25, 0.3) is 43.5 Å². The molecule has 0 bridgehead atoms. The Morgan fingerprint density at radius 1 is 0.743 bits per heavy atom. The fourth-order valence-electron chi connectivity index (χ4n) is 5.19. The number of fused-ring (bicyclic) bond motifs is 5. The van der Waals surface area contributed by atoms with Gasteiger partial charge in [-0.25, -0.2) is 4.85 Å². The van der Waals surface area contributed by atoms with Crippen molar-refractivity contribution in [1.82, 2.24) is 4.57 Å². The van der Waals surface area contributed by atoms with E-state index in [0.717, 1.165) is 50.0 Å². The number of nitrogens with zero attached hydrogens (tertiary/aromatic N) is 5. The average Bonchev–Trinajstić information content (AvgIpc) is 3.22. The van der Waals surface area contributed by atoms with Gasteiger partial charge >= 0.3 is 0 Å². The molecule has 164 valence electrons. The summed E-state index contributed by atoms with van der Waals surface area (Å²) >= 11 is 0. The highest BCUT2D eigenvalue weighted by atomic mass is 15.2. The van der Waals surface area contributed by atoms with Gasteiger partial charge in [0.25, 0.3) is 0 Å².